The zero-order valence-corrected chi connectivity index (χ0v) is 11.0. The van der Waals surface area contributed by atoms with Gasteiger partial charge in [-0.05, 0) is 12.0 Å². The third-order valence-corrected chi connectivity index (χ3v) is 3.37. The first-order valence-electron chi connectivity index (χ1n) is 6.79. The summed E-state index contributed by atoms with van der Waals surface area (Å²) in [4.78, 5) is 11.6. The van der Waals surface area contributed by atoms with Gasteiger partial charge in [0.1, 0.15) is 5.78 Å². The van der Waals surface area contributed by atoms with E-state index in [1.54, 1.807) is 0 Å². The summed E-state index contributed by atoms with van der Waals surface area (Å²) < 4.78 is 5.48. The zero-order valence-electron chi connectivity index (χ0n) is 11.0. The summed E-state index contributed by atoms with van der Waals surface area (Å²) in [5.74, 6) is 0.185. The molecule has 0 aliphatic carbocycles. The molecule has 1 aromatic rings. The van der Waals surface area contributed by atoms with E-state index in [4.69, 9.17) is 4.74 Å². The number of aliphatic hydroxyl groups is 1. The molecule has 4 nitrogen and oxygen atoms in total. The van der Waals surface area contributed by atoms with Crippen LogP contribution in [0.4, 0.5) is 0 Å². The summed E-state index contributed by atoms with van der Waals surface area (Å²) in [5, 5.41) is 13.1. The highest BCUT2D eigenvalue weighted by Crippen LogP contribution is 2.13. The summed E-state index contributed by atoms with van der Waals surface area (Å²) in [6.45, 7) is 2.21. The predicted molar refractivity (Wildman–Crippen MR) is 72.7 cm³/mol. The zero-order chi connectivity index (χ0) is 13.5. The molecule has 1 aliphatic heterocycles. The number of rotatable bonds is 6. The second kappa shape index (κ2) is 7.38. The molecule has 1 aliphatic rings. The fourth-order valence-corrected chi connectivity index (χ4v) is 2.30. The minimum atomic E-state index is -0.572. The Morgan fingerprint density at radius 1 is 1.37 bits per heavy atom. The first-order chi connectivity index (χ1) is 9.25. The van der Waals surface area contributed by atoms with Crippen LogP contribution in [-0.4, -0.2) is 36.7 Å². The molecule has 2 atom stereocenters. The topological polar surface area (TPSA) is 58.6 Å². The van der Waals surface area contributed by atoms with Gasteiger partial charge in [0.2, 0.25) is 0 Å². The quantitative estimate of drug-likeness (QED) is 0.808. The van der Waals surface area contributed by atoms with Crippen LogP contribution in [0.15, 0.2) is 30.3 Å². The van der Waals surface area contributed by atoms with Crippen molar-refractivity contribution in [3.05, 3.63) is 35.9 Å². The highest BCUT2D eigenvalue weighted by atomic mass is 16.5. The van der Waals surface area contributed by atoms with Gasteiger partial charge < -0.3 is 15.2 Å². The van der Waals surface area contributed by atoms with Crippen molar-refractivity contribution in [3.8, 4) is 0 Å². The number of nitrogens with one attached hydrogen (secondary N) is 1. The van der Waals surface area contributed by atoms with Crippen LogP contribution >= 0.6 is 0 Å². The number of carbonyl (C=O) groups is 1. The van der Waals surface area contributed by atoms with Gasteiger partial charge in [-0.15, -0.1) is 0 Å². The average molecular weight is 263 g/mol. The number of hydrogen-bond donors (Lipinski definition) is 2. The van der Waals surface area contributed by atoms with E-state index in [-0.39, 0.29) is 18.3 Å². The lowest BCUT2D eigenvalue weighted by Gasteiger charge is -2.23. The Balaban J connectivity index is 1.67. The molecule has 4 heteroatoms. The van der Waals surface area contributed by atoms with E-state index < -0.39 is 6.10 Å². The first-order valence-corrected chi connectivity index (χ1v) is 6.79. The smallest absolute Gasteiger partial charge is 0.138 e. The highest BCUT2D eigenvalue weighted by Gasteiger charge is 2.24. The second-order valence-corrected chi connectivity index (χ2v) is 5.01. The maximum Gasteiger partial charge on any atom is 0.138 e. The number of carbonyl (C=O) groups excluding carboxylic acids is 1. The maximum absolute atomic E-state index is 11.6. The predicted octanol–water partition coefficient (Wildman–Crippen LogP) is 1.13. The third kappa shape index (κ3) is 4.74. The van der Waals surface area contributed by atoms with Gasteiger partial charge in [-0.2, -0.15) is 0 Å². The van der Waals surface area contributed by atoms with Crippen molar-refractivity contribution in [3.63, 3.8) is 0 Å². The molecule has 0 spiro atoms. The van der Waals surface area contributed by atoms with E-state index in [1.165, 1.54) is 0 Å². The first kappa shape index (κ1) is 14.2. The Morgan fingerprint density at radius 2 is 2.16 bits per heavy atom. The normalized spacial score (nSPS) is 21.3. The number of ketones is 1. The Kier molecular flexibility index (Phi) is 5.51. The number of Topliss-reactive ketones (excluding diaryl/α,β-unsaturated/α-hetero) is 1. The summed E-state index contributed by atoms with van der Waals surface area (Å²) >= 11 is 0. The fourth-order valence-electron chi connectivity index (χ4n) is 2.30. The minimum absolute atomic E-state index is 0.0657. The molecule has 0 saturated carbocycles. The van der Waals surface area contributed by atoms with Gasteiger partial charge in [0, 0.05) is 25.4 Å². The molecule has 0 bridgehead atoms. The van der Waals surface area contributed by atoms with Crippen LogP contribution in [-0.2, 0) is 16.1 Å². The van der Waals surface area contributed by atoms with E-state index >= 15 is 0 Å². The van der Waals surface area contributed by atoms with Gasteiger partial charge in [0.25, 0.3) is 0 Å². The summed E-state index contributed by atoms with van der Waals surface area (Å²) in [5.41, 5.74) is 1.09. The largest absolute Gasteiger partial charge is 0.391 e. The SMILES string of the molecule is O=C1CCNCC1CC(O)COCc1ccccc1. The van der Waals surface area contributed by atoms with Crippen LogP contribution in [0, 0.1) is 5.92 Å². The van der Waals surface area contributed by atoms with Crippen LogP contribution in [0.3, 0.4) is 0 Å². The molecule has 0 amide bonds. The van der Waals surface area contributed by atoms with Crippen LogP contribution in [0.1, 0.15) is 18.4 Å². The summed E-state index contributed by atoms with van der Waals surface area (Å²) in [6.07, 6.45) is 0.487. The molecular weight excluding hydrogens is 242 g/mol. The van der Waals surface area contributed by atoms with Crippen molar-refractivity contribution in [2.45, 2.75) is 25.6 Å². The Hall–Kier alpha value is -1.23. The lowest BCUT2D eigenvalue weighted by Crippen LogP contribution is -2.39. The van der Waals surface area contributed by atoms with Crippen LogP contribution in [0.5, 0.6) is 0 Å². The number of hydrogen-bond acceptors (Lipinski definition) is 4. The summed E-state index contributed by atoms with van der Waals surface area (Å²) in [7, 11) is 0. The standard InChI is InChI=1S/C15H21NO3/c17-14(8-13-9-16-7-6-15(13)18)11-19-10-12-4-2-1-3-5-12/h1-5,13-14,16-17H,6-11H2. The molecule has 19 heavy (non-hydrogen) atoms. The molecule has 2 N–H and O–H groups in total. The van der Waals surface area contributed by atoms with Crippen molar-refractivity contribution in [2.24, 2.45) is 5.92 Å². The second-order valence-electron chi connectivity index (χ2n) is 5.01. The average Bonchev–Trinajstić information content (AvgIpc) is 2.43. The lowest BCUT2D eigenvalue weighted by molar-refractivity contribution is -0.125. The van der Waals surface area contributed by atoms with Crippen LogP contribution in [0.25, 0.3) is 0 Å². The van der Waals surface area contributed by atoms with E-state index in [0.29, 0.717) is 26.0 Å². The lowest BCUT2D eigenvalue weighted by atomic mass is 9.92. The van der Waals surface area contributed by atoms with Crippen molar-refractivity contribution < 1.29 is 14.6 Å². The highest BCUT2D eigenvalue weighted by molar-refractivity contribution is 5.82. The number of benzene rings is 1. The molecule has 0 radical (unpaired) electrons. The maximum atomic E-state index is 11.6. The van der Waals surface area contributed by atoms with Crippen LogP contribution in [0.2, 0.25) is 0 Å². The summed E-state index contributed by atoms with van der Waals surface area (Å²) in [6, 6.07) is 9.85. The molecular formula is C15H21NO3. The molecule has 1 heterocycles. The molecule has 1 saturated heterocycles. The van der Waals surface area contributed by atoms with Crippen molar-refractivity contribution >= 4 is 5.78 Å². The number of piperidine rings is 1. The molecule has 2 unspecified atom stereocenters. The van der Waals surface area contributed by atoms with Gasteiger partial charge >= 0.3 is 0 Å². The van der Waals surface area contributed by atoms with Gasteiger partial charge in [-0.3, -0.25) is 4.79 Å². The molecule has 1 aromatic carbocycles. The Labute approximate surface area is 113 Å². The van der Waals surface area contributed by atoms with Gasteiger partial charge in [-0.1, -0.05) is 30.3 Å². The van der Waals surface area contributed by atoms with E-state index in [2.05, 4.69) is 5.32 Å². The Bertz CT molecular complexity index is 394. The fraction of sp³-hybridized carbons (Fsp3) is 0.533. The van der Waals surface area contributed by atoms with Crippen LogP contribution < -0.4 is 5.32 Å². The Morgan fingerprint density at radius 3 is 2.89 bits per heavy atom. The van der Waals surface area contributed by atoms with Crippen molar-refractivity contribution in [2.75, 3.05) is 19.7 Å². The van der Waals surface area contributed by atoms with E-state index in [9.17, 15) is 9.90 Å². The van der Waals surface area contributed by atoms with Gasteiger partial charge in [-0.25, -0.2) is 0 Å². The van der Waals surface area contributed by atoms with E-state index in [0.717, 1.165) is 12.1 Å². The number of aliphatic hydroxyl groups excluding tert-OH is 1. The molecule has 104 valence electrons. The monoisotopic (exact) mass is 263 g/mol. The molecule has 0 aromatic heterocycles. The van der Waals surface area contributed by atoms with Gasteiger partial charge in [0.15, 0.2) is 0 Å². The molecule has 2 rings (SSSR count). The van der Waals surface area contributed by atoms with E-state index in [1.807, 2.05) is 30.3 Å². The van der Waals surface area contributed by atoms with Crippen molar-refractivity contribution in [1.82, 2.24) is 5.32 Å². The molecule has 1 fully saturated rings. The van der Waals surface area contributed by atoms with Crippen molar-refractivity contribution in [1.29, 1.82) is 0 Å². The third-order valence-electron chi connectivity index (χ3n) is 3.37. The minimum Gasteiger partial charge on any atom is -0.391 e. The van der Waals surface area contributed by atoms with Gasteiger partial charge in [0.05, 0.1) is 19.3 Å². The number of ether oxygens (including phenoxy) is 1.